The first-order valence-electron chi connectivity index (χ1n) is 8.70. The minimum atomic E-state index is -0.266. The SMILES string of the molecule is COc1cccc(NC(=O)c2cc3c(C)nn(Cc4ccc(F)cc4)c3s2)c1. The number of hydrogen-bond acceptors (Lipinski definition) is 4. The van der Waals surface area contributed by atoms with E-state index >= 15 is 0 Å². The Hall–Kier alpha value is -3.19. The highest BCUT2D eigenvalue weighted by molar-refractivity contribution is 7.20. The van der Waals surface area contributed by atoms with Gasteiger partial charge >= 0.3 is 0 Å². The minimum Gasteiger partial charge on any atom is -0.497 e. The summed E-state index contributed by atoms with van der Waals surface area (Å²) >= 11 is 1.39. The number of carbonyl (C=O) groups excluding carboxylic acids is 1. The summed E-state index contributed by atoms with van der Waals surface area (Å²) in [7, 11) is 1.59. The zero-order chi connectivity index (χ0) is 19.7. The van der Waals surface area contributed by atoms with Gasteiger partial charge < -0.3 is 10.1 Å². The quantitative estimate of drug-likeness (QED) is 0.525. The molecule has 28 heavy (non-hydrogen) atoms. The van der Waals surface area contributed by atoms with Gasteiger partial charge in [-0.1, -0.05) is 18.2 Å². The highest BCUT2D eigenvalue weighted by Crippen LogP contribution is 2.29. The summed E-state index contributed by atoms with van der Waals surface area (Å²) in [5, 5.41) is 8.41. The van der Waals surface area contributed by atoms with Crippen molar-refractivity contribution in [2.75, 3.05) is 12.4 Å². The summed E-state index contributed by atoms with van der Waals surface area (Å²) < 4.78 is 20.2. The lowest BCUT2D eigenvalue weighted by molar-refractivity contribution is 0.103. The average molecular weight is 395 g/mol. The van der Waals surface area contributed by atoms with Gasteiger partial charge in [-0.25, -0.2) is 4.39 Å². The second-order valence-corrected chi connectivity index (χ2v) is 7.42. The van der Waals surface area contributed by atoms with E-state index in [2.05, 4.69) is 10.4 Å². The van der Waals surface area contributed by atoms with E-state index in [-0.39, 0.29) is 11.7 Å². The molecule has 0 unspecified atom stereocenters. The number of benzene rings is 2. The number of rotatable bonds is 5. The Bertz CT molecular complexity index is 1150. The van der Waals surface area contributed by atoms with Gasteiger partial charge in [0.05, 0.1) is 24.2 Å². The maximum atomic E-state index is 13.1. The highest BCUT2D eigenvalue weighted by atomic mass is 32.1. The average Bonchev–Trinajstić information content (AvgIpc) is 3.25. The number of halogens is 1. The number of ether oxygens (including phenoxy) is 1. The molecule has 1 amide bonds. The van der Waals surface area contributed by atoms with Crippen molar-refractivity contribution in [2.45, 2.75) is 13.5 Å². The molecule has 0 fully saturated rings. The van der Waals surface area contributed by atoms with Gasteiger partial charge in [-0.05, 0) is 42.8 Å². The molecule has 1 N–H and O–H groups in total. The third-order valence-electron chi connectivity index (χ3n) is 4.40. The number of anilines is 1. The molecule has 0 spiro atoms. The number of aryl methyl sites for hydroxylation is 1. The van der Waals surface area contributed by atoms with E-state index in [9.17, 15) is 9.18 Å². The van der Waals surface area contributed by atoms with Crippen LogP contribution in [-0.2, 0) is 6.54 Å². The van der Waals surface area contributed by atoms with E-state index in [1.807, 2.05) is 35.9 Å². The maximum Gasteiger partial charge on any atom is 0.265 e. The molecule has 2 heterocycles. The van der Waals surface area contributed by atoms with Crippen LogP contribution < -0.4 is 10.1 Å². The topological polar surface area (TPSA) is 56.1 Å². The number of carbonyl (C=O) groups is 1. The molecule has 0 radical (unpaired) electrons. The Labute approximate surface area is 165 Å². The van der Waals surface area contributed by atoms with Crippen molar-refractivity contribution in [3.05, 3.63) is 76.5 Å². The van der Waals surface area contributed by atoms with Crippen molar-refractivity contribution >= 4 is 33.1 Å². The van der Waals surface area contributed by atoms with Gasteiger partial charge in [0.2, 0.25) is 0 Å². The molecular formula is C21H18FN3O2S. The van der Waals surface area contributed by atoms with Crippen LogP contribution in [0.2, 0.25) is 0 Å². The first-order valence-corrected chi connectivity index (χ1v) is 9.52. The summed E-state index contributed by atoms with van der Waals surface area (Å²) in [5.74, 6) is 0.236. The number of hydrogen-bond donors (Lipinski definition) is 1. The lowest BCUT2D eigenvalue weighted by Crippen LogP contribution is -2.10. The molecule has 0 atom stereocenters. The molecule has 0 saturated carbocycles. The van der Waals surface area contributed by atoms with Crippen LogP contribution in [0.5, 0.6) is 5.75 Å². The monoisotopic (exact) mass is 395 g/mol. The van der Waals surface area contributed by atoms with Crippen LogP contribution in [0.15, 0.2) is 54.6 Å². The third kappa shape index (κ3) is 3.61. The molecule has 2 aromatic carbocycles. The van der Waals surface area contributed by atoms with Crippen molar-refractivity contribution in [3.8, 4) is 5.75 Å². The molecule has 4 aromatic rings. The number of nitrogens with zero attached hydrogens (tertiary/aromatic N) is 2. The van der Waals surface area contributed by atoms with Gasteiger partial charge in [-0.2, -0.15) is 5.10 Å². The molecule has 2 aromatic heterocycles. The van der Waals surface area contributed by atoms with Crippen molar-refractivity contribution in [1.29, 1.82) is 0 Å². The summed E-state index contributed by atoms with van der Waals surface area (Å²) in [5.41, 5.74) is 2.47. The maximum absolute atomic E-state index is 13.1. The first-order chi connectivity index (χ1) is 13.5. The lowest BCUT2D eigenvalue weighted by Gasteiger charge is -2.06. The molecule has 5 nitrogen and oxygen atoms in total. The molecule has 7 heteroatoms. The van der Waals surface area contributed by atoms with Gasteiger partial charge in [0, 0.05) is 17.1 Å². The molecule has 0 saturated heterocycles. The Morgan fingerprint density at radius 1 is 1.21 bits per heavy atom. The van der Waals surface area contributed by atoms with Crippen LogP contribution in [-0.4, -0.2) is 22.8 Å². The van der Waals surface area contributed by atoms with Crippen molar-refractivity contribution in [2.24, 2.45) is 0 Å². The minimum absolute atomic E-state index is 0.179. The summed E-state index contributed by atoms with van der Waals surface area (Å²) in [6.45, 7) is 2.43. The smallest absolute Gasteiger partial charge is 0.265 e. The first kappa shape index (κ1) is 18.2. The van der Waals surface area contributed by atoms with E-state index in [4.69, 9.17) is 4.74 Å². The summed E-state index contributed by atoms with van der Waals surface area (Å²) in [6, 6.07) is 15.4. The molecular weight excluding hydrogens is 377 g/mol. The molecule has 0 aliphatic heterocycles. The summed E-state index contributed by atoms with van der Waals surface area (Å²) in [4.78, 5) is 14.2. The summed E-state index contributed by atoms with van der Waals surface area (Å²) in [6.07, 6.45) is 0. The lowest BCUT2D eigenvalue weighted by atomic mass is 10.2. The molecule has 0 aliphatic carbocycles. The number of thiophene rings is 1. The molecule has 4 rings (SSSR count). The Kier molecular flexibility index (Phi) is 4.83. The zero-order valence-electron chi connectivity index (χ0n) is 15.4. The fourth-order valence-electron chi connectivity index (χ4n) is 2.99. The van der Waals surface area contributed by atoms with Crippen LogP contribution in [0.25, 0.3) is 10.2 Å². The van der Waals surface area contributed by atoms with Gasteiger partial charge in [0.15, 0.2) is 0 Å². The van der Waals surface area contributed by atoms with Crippen LogP contribution in [0, 0.1) is 12.7 Å². The van der Waals surface area contributed by atoms with Crippen molar-refractivity contribution in [3.63, 3.8) is 0 Å². The van der Waals surface area contributed by atoms with Gasteiger partial charge in [0.25, 0.3) is 5.91 Å². The van der Waals surface area contributed by atoms with Crippen molar-refractivity contribution < 1.29 is 13.9 Å². The Morgan fingerprint density at radius 2 is 2.00 bits per heavy atom. The highest BCUT2D eigenvalue weighted by Gasteiger charge is 2.17. The second kappa shape index (κ2) is 7.44. The predicted molar refractivity (Wildman–Crippen MR) is 109 cm³/mol. The van der Waals surface area contributed by atoms with E-state index in [1.165, 1.54) is 23.5 Å². The molecule has 0 aliphatic rings. The van der Waals surface area contributed by atoms with Crippen molar-refractivity contribution in [1.82, 2.24) is 9.78 Å². The van der Waals surface area contributed by atoms with E-state index in [0.717, 1.165) is 21.5 Å². The molecule has 142 valence electrons. The normalized spacial score (nSPS) is 11.0. The number of fused-ring (bicyclic) bond motifs is 1. The van der Waals surface area contributed by atoms with E-state index in [0.29, 0.717) is 22.9 Å². The fourth-order valence-corrected chi connectivity index (χ4v) is 4.04. The fraction of sp³-hybridized carbons (Fsp3) is 0.143. The number of nitrogens with one attached hydrogen (secondary N) is 1. The van der Waals surface area contributed by atoms with Gasteiger partial charge in [-0.15, -0.1) is 11.3 Å². The van der Waals surface area contributed by atoms with Gasteiger partial charge in [0.1, 0.15) is 16.4 Å². The van der Waals surface area contributed by atoms with Crippen LogP contribution >= 0.6 is 11.3 Å². The Morgan fingerprint density at radius 3 is 2.75 bits per heavy atom. The standard InChI is InChI=1S/C21H18FN3O2S/c1-13-18-11-19(20(26)23-16-4-3-5-17(10-16)27-2)28-21(18)25(24-13)12-14-6-8-15(22)9-7-14/h3-11H,12H2,1-2H3,(H,23,26). The third-order valence-corrected chi connectivity index (χ3v) is 5.55. The Balaban J connectivity index is 1.60. The number of amides is 1. The zero-order valence-corrected chi connectivity index (χ0v) is 16.2. The van der Waals surface area contributed by atoms with E-state index < -0.39 is 0 Å². The van der Waals surface area contributed by atoms with Crippen LogP contribution in [0.3, 0.4) is 0 Å². The van der Waals surface area contributed by atoms with Crippen LogP contribution in [0.4, 0.5) is 10.1 Å². The number of methoxy groups -OCH3 is 1. The van der Waals surface area contributed by atoms with Crippen LogP contribution in [0.1, 0.15) is 20.9 Å². The van der Waals surface area contributed by atoms with Gasteiger partial charge in [-0.3, -0.25) is 9.48 Å². The molecule has 0 bridgehead atoms. The largest absolute Gasteiger partial charge is 0.497 e. The number of aromatic nitrogens is 2. The second-order valence-electron chi connectivity index (χ2n) is 6.39. The van der Waals surface area contributed by atoms with E-state index in [1.54, 1.807) is 25.3 Å². The predicted octanol–water partition coefficient (Wildman–Crippen LogP) is 4.85.